The molecule has 0 aliphatic carbocycles. The van der Waals surface area contributed by atoms with Gasteiger partial charge in [0.2, 0.25) is 0 Å². The van der Waals surface area contributed by atoms with Gasteiger partial charge in [-0.2, -0.15) is 0 Å². The Morgan fingerprint density at radius 2 is 2.28 bits per heavy atom. The molecule has 1 aromatic carbocycles. The summed E-state index contributed by atoms with van der Waals surface area (Å²) in [5, 5.41) is 7.38. The number of ether oxygens (including phenoxy) is 1. The van der Waals surface area contributed by atoms with Crippen LogP contribution in [0.25, 0.3) is 21.7 Å². The Morgan fingerprint density at radius 1 is 1.44 bits per heavy atom. The second kappa shape index (κ2) is 5.25. The Bertz CT molecular complexity index is 600. The largest absolute Gasteiger partial charge is 0.497 e. The molecule has 0 unspecified atom stereocenters. The maximum Gasteiger partial charge on any atom is 0.143 e. The molecule has 0 saturated heterocycles. The number of rotatable bonds is 4. The minimum atomic E-state index is 0.165. The van der Waals surface area contributed by atoms with E-state index < -0.39 is 0 Å². The molecule has 6 heteroatoms. The van der Waals surface area contributed by atoms with E-state index in [2.05, 4.69) is 15.2 Å². The van der Waals surface area contributed by atoms with Crippen LogP contribution in [0.5, 0.6) is 5.75 Å². The van der Waals surface area contributed by atoms with E-state index in [9.17, 15) is 0 Å². The lowest BCUT2D eigenvalue weighted by molar-refractivity contribution is 0.386. The second-order valence-electron chi connectivity index (χ2n) is 3.75. The van der Waals surface area contributed by atoms with E-state index in [1.165, 1.54) is 0 Å². The molecule has 0 aliphatic heterocycles. The van der Waals surface area contributed by atoms with Gasteiger partial charge in [-0.25, -0.2) is 0 Å². The quantitative estimate of drug-likeness (QED) is 0.469. The molecule has 0 bridgehead atoms. The molecule has 0 amide bonds. The second-order valence-corrected chi connectivity index (χ2v) is 3.75. The molecule has 18 heavy (non-hydrogen) atoms. The average molecular weight is 244 g/mol. The van der Waals surface area contributed by atoms with Gasteiger partial charge in [0.15, 0.2) is 0 Å². The van der Waals surface area contributed by atoms with Crippen LogP contribution in [0.1, 0.15) is 11.3 Å². The lowest BCUT2D eigenvalue weighted by Gasteiger charge is -2.04. The normalized spacial score (nSPS) is 9.89. The van der Waals surface area contributed by atoms with Crippen LogP contribution >= 0.6 is 0 Å². The van der Waals surface area contributed by atoms with Crippen LogP contribution in [0.15, 0.2) is 33.9 Å². The highest BCUT2D eigenvalue weighted by Crippen LogP contribution is 2.26. The molecular weight excluding hydrogens is 232 g/mol. The van der Waals surface area contributed by atoms with Crippen molar-refractivity contribution < 1.29 is 9.26 Å². The third kappa shape index (κ3) is 2.44. The zero-order chi connectivity index (χ0) is 13.0. The minimum absolute atomic E-state index is 0.165. The molecule has 2 rings (SSSR count). The first-order valence-electron chi connectivity index (χ1n) is 5.36. The van der Waals surface area contributed by atoms with Crippen LogP contribution in [0.2, 0.25) is 0 Å². The Labute approximate surface area is 104 Å². The number of hydrogen-bond donors (Lipinski definition) is 0. The highest BCUT2D eigenvalue weighted by Gasteiger charge is 2.09. The van der Waals surface area contributed by atoms with Gasteiger partial charge in [-0.15, -0.1) is 0 Å². The number of benzene rings is 1. The van der Waals surface area contributed by atoms with Crippen molar-refractivity contribution in [1.29, 1.82) is 0 Å². The van der Waals surface area contributed by atoms with Crippen molar-refractivity contribution in [2.45, 2.75) is 13.5 Å². The first-order valence-corrected chi connectivity index (χ1v) is 5.36. The van der Waals surface area contributed by atoms with Crippen molar-refractivity contribution in [3.63, 3.8) is 0 Å². The lowest BCUT2D eigenvalue weighted by Crippen LogP contribution is -1.87. The van der Waals surface area contributed by atoms with Crippen LogP contribution in [0.3, 0.4) is 0 Å². The minimum Gasteiger partial charge on any atom is -0.497 e. The molecule has 0 atom stereocenters. The standard InChI is InChI=1S/C12H12N4O2/c1-8-5-9(17-2)3-4-11(8)12-6-10(18-15-12)7-14-16-13/h3-6H,7H2,1-2H3. The molecule has 0 N–H and O–H groups in total. The zero-order valence-electron chi connectivity index (χ0n) is 10.1. The molecular formula is C12H12N4O2. The number of aromatic nitrogens is 1. The van der Waals surface area contributed by atoms with Gasteiger partial charge in [0.25, 0.3) is 0 Å². The zero-order valence-corrected chi connectivity index (χ0v) is 10.1. The molecule has 0 aliphatic rings. The number of azide groups is 1. The van der Waals surface area contributed by atoms with Crippen LogP contribution in [-0.4, -0.2) is 12.3 Å². The summed E-state index contributed by atoms with van der Waals surface area (Å²) in [5.41, 5.74) is 11.0. The van der Waals surface area contributed by atoms with Gasteiger partial charge in [0, 0.05) is 16.5 Å². The number of nitrogens with zero attached hydrogens (tertiary/aromatic N) is 4. The predicted octanol–water partition coefficient (Wildman–Crippen LogP) is 3.47. The van der Waals surface area contributed by atoms with Crippen molar-refractivity contribution in [2.75, 3.05) is 7.11 Å². The molecule has 6 nitrogen and oxygen atoms in total. The van der Waals surface area contributed by atoms with Crippen molar-refractivity contribution >= 4 is 0 Å². The molecule has 0 saturated carbocycles. The third-order valence-corrected chi connectivity index (χ3v) is 2.56. The van der Waals surface area contributed by atoms with Gasteiger partial charge in [0.05, 0.1) is 13.7 Å². The van der Waals surface area contributed by atoms with Crippen molar-refractivity contribution in [1.82, 2.24) is 5.16 Å². The number of methoxy groups -OCH3 is 1. The van der Waals surface area contributed by atoms with E-state index in [-0.39, 0.29) is 6.54 Å². The van der Waals surface area contributed by atoms with Gasteiger partial charge in [-0.3, -0.25) is 0 Å². The fraction of sp³-hybridized carbons (Fsp3) is 0.250. The van der Waals surface area contributed by atoms with E-state index >= 15 is 0 Å². The van der Waals surface area contributed by atoms with Gasteiger partial charge in [-0.1, -0.05) is 10.3 Å². The van der Waals surface area contributed by atoms with E-state index in [4.69, 9.17) is 14.8 Å². The molecule has 0 fully saturated rings. The van der Waals surface area contributed by atoms with Crippen LogP contribution in [0.4, 0.5) is 0 Å². The maximum atomic E-state index is 8.24. The molecule has 92 valence electrons. The molecule has 0 spiro atoms. The van der Waals surface area contributed by atoms with E-state index in [1.807, 2.05) is 25.1 Å². The summed E-state index contributed by atoms with van der Waals surface area (Å²) in [5.74, 6) is 1.34. The van der Waals surface area contributed by atoms with E-state index in [0.717, 1.165) is 22.6 Å². The monoisotopic (exact) mass is 244 g/mol. The first-order chi connectivity index (χ1) is 8.74. The van der Waals surface area contributed by atoms with Gasteiger partial charge < -0.3 is 9.26 Å². The topological polar surface area (TPSA) is 84.0 Å². The van der Waals surface area contributed by atoms with Crippen LogP contribution in [-0.2, 0) is 6.54 Å². The first kappa shape index (κ1) is 12.0. The molecule has 1 heterocycles. The van der Waals surface area contributed by atoms with Crippen molar-refractivity contribution in [3.8, 4) is 17.0 Å². The molecule has 0 radical (unpaired) electrons. The summed E-state index contributed by atoms with van der Waals surface area (Å²) in [4.78, 5) is 2.67. The Kier molecular flexibility index (Phi) is 3.50. The summed E-state index contributed by atoms with van der Waals surface area (Å²) < 4.78 is 10.2. The fourth-order valence-corrected chi connectivity index (χ4v) is 1.67. The average Bonchev–Trinajstić information content (AvgIpc) is 2.84. The van der Waals surface area contributed by atoms with Crippen molar-refractivity contribution in [2.24, 2.45) is 5.11 Å². The highest BCUT2D eigenvalue weighted by atomic mass is 16.5. The van der Waals surface area contributed by atoms with E-state index in [1.54, 1.807) is 13.2 Å². The number of hydrogen-bond acceptors (Lipinski definition) is 4. The lowest BCUT2D eigenvalue weighted by atomic mass is 10.1. The fourth-order valence-electron chi connectivity index (χ4n) is 1.67. The molecule has 1 aromatic heterocycles. The van der Waals surface area contributed by atoms with Crippen LogP contribution in [0, 0.1) is 6.92 Å². The maximum absolute atomic E-state index is 8.24. The summed E-state index contributed by atoms with van der Waals surface area (Å²) in [6, 6.07) is 7.48. The third-order valence-electron chi connectivity index (χ3n) is 2.56. The summed E-state index contributed by atoms with van der Waals surface area (Å²) in [6.45, 7) is 2.14. The Balaban J connectivity index is 2.31. The molecule has 2 aromatic rings. The number of aryl methyl sites for hydroxylation is 1. The van der Waals surface area contributed by atoms with E-state index in [0.29, 0.717) is 5.76 Å². The predicted molar refractivity (Wildman–Crippen MR) is 66.1 cm³/mol. The highest BCUT2D eigenvalue weighted by molar-refractivity contribution is 5.64. The Morgan fingerprint density at radius 3 is 2.94 bits per heavy atom. The summed E-state index contributed by atoms with van der Waals surface area (Å²) in [7, 11) is 1.63. The van der Waals surface area contributed by atoms with Crippen LogP contribution < -0.4 is 4.74 Å². The SMILES string of the molecule is COc1ccc(-c2cc(CN=[N+]=[N-])on2)c(C)c1. The summed E-state index contributed by atoms with van der Waals surface area (Å²) >= 11 is 0. The van der Waals surface area contributed by atoms with Gasteiger partial charge in [0.1, 0.15) is 17.2 Å². The smallest absolute Gasteiger partial charge is 0.143 e. The van der Waals surface area contributed by atoms with Gasteiger partial charge in [-0.05, 0) is 36.2 Å². The Hall–Kier alpha value is -2.46. The van der Waals surface area contributed by atoms with Crippen molar-refractivity contribution in [3.05, 3.63) is 46.0 Å². The summed E-state index contributed by atoms with van der Waals surface area (Å²) in [6.07, 6.45) is 0. The van der Waals surface area contributed by atoms with Gasteiger partial charge >= 0.3 is 0 Å².